The van der Waals surface area contributed by atoms with E-state index in [9.17, 15) is 9.59 Å². The van der Waals surface area contributed by atoms with Crippen LogP contribution in [0.5, 0.6) is 0 Å². The van der Waals surface area contributed by atoms with Gasteiger partial charge in [-0.05, 0) is 18.8 Å². The van der Waals surface area contributed by atoms with Gasteiger partial charge in [-0.2, -0.15) is 0 Å². The Labute approximate surface area is 112 Å². The van der Waals surface area contributed by atoms with Crippen LogP contribution in [0.4, 0.5) is 0 Å². The van der Waals surface area contributed by atoms with Gasteiger partial charge in [0, 0.05) is 5.75 Å². The van der Waals surface area contributed by atoms with Crippen LogP contribution in [0.1, 0.15) is 32.6 Å². The third-order valence-electron chi connectivity index (χ3n) is 3.08. The quantitative estimate of drug-likeness (QED) is 0.780. The summed E-state index contributed by atoms with van der Waals surface area (Å²) in [6.07, 6.45) is 5.56. The fourth-order valence-corrected chi connectivity index (χ4v) is 3.17. The van der Waals surface area contributed by atoms with Crippen LogP contribution in [0.15, 0.2) is 11.0 Å². The number of methoxy groups -OCH3 is 1. The van der Waals surface area contributed by atoms with Gasteiger partial charge in [0.05, 0.1) is 17.9 Å². The molecule has 1 rings (SSSR count). The molecule has 1 heterocycles. The lowest BCUT2D eigenvalue weighted by Crippen LogP contribution is -2.18. The number of carboxylic acid groups (broad SMARTS) is 1. The Morgan fingerprint density at radius 1 is 1.56 bits per heavy atom. The average molecular weight is 272 g/mol. The minimum absolute atomic E-state index is 0.162. The second-order valence-corrected chi connectivity index (χ2v) is 5.57. The van der Waals surface area contributed by atoms with Gasteiger partial charge in [-0.1, -0.05) is 25.8 Å². The number of carbonyl (C=O) groups is 2. The summed E-state index contributed by atoms with van der Waals surface area (Å²) in [6, 6.07) is 0. The molecule has 0 aliphatic carbocycles. The van der Waals surface area contributed by atoms with Crippen LogP contribution in [0.2, 0.25) is 0 Å². The number of allylic oxidation sites excluding steroid dienone is 1. The smallest absolute Gasteiger partial charge is 0.344 e. The summed E-state index contributed by atoms with van der Waals surface area (Å²) < 4.78 is 4.72. The Kier molecular flexibility index (Phi) is 6.25. The Bertz CT molecular complexity index is 338. The molecule has 1 aliphatic rings. The maximum Gasteiger partial charge on any atom is 0.344 e. The first kappa shape index (κ1) is 15.1. The number of carboxylic acids is 1. The summed E-state index contributed by atoms with van der Waals surface area (Å²) in [6.45, 7) is 2.10. The maximum atomic E-state index is 11.6. The number of hydrogen-bond acceptors (Lipinski definition) is 4. The van der Waals surface area contributed by atoms with Crippen molar-refractivity contribution in [2.24, 2.45) is 11.8 Å². The van der Waals surface area contributed by atoms with Gasteiger partial charge in [0.15, 0.2) is 0 Å². The normalized spacial score (nSPS) is 24.0. The van der Waals surface area contributed by atoms with Crippen molar-refractivity contribution >= 4 is 23.7 Å². The highest BCUT2D eigenvalue weighted by Gasteiger charge is 2.27. The van der Waals surface area contributed by atoms with E-state index in [4.69, 9.17) is 9.84 Å². The molecule has 0 aromatic rings. The zero-order chi connectivity index (χ0) is 13.5. The van der Waals surface area contributed by atoms with Gasteiger partial charge < -0.3 is 9.84 Å². The van der Waals surface area contributed by atoms with Crippen LogP contribution in [0.3, 0.4) is 0 Å². The molecule has 0 aromatic carbocycles. The minimum Gasteiger partial charge on any atom is -0.481 e. The highest BCUT2D eigenvalue weighted by molar-refractivity contribution is 8.04. The second-order valence-electron chi connectivity index (χ2n) is 4.51. The minimum atomic E-state index is -0.775. The molecule has 0 fully saturated rings. The van der Waals surface area contributed by atoms with Crippen LogP contribution in [-0.4, -0.2) is 29.9 Å². The summed E-state index contributed by atoms with van der Waals surface area (Å²) in [5, 5.41) is 9.14. The van der Waals surface area contributed by atoms with Gasteiger partial charge in [-0.3, -0.25) is 4.79 Å². The van der Waals surface area contributed by atoms with E-state index in [0.717, 1.165) is 19.3 Å². The van der Waals surface area contributed by atoms with Crippen molar-refractivity contribution in [2.45, 2.75) is 32.6 Å². The summed E-state index contributed by atoms with van der Waals surface area (Å²) in [5.41, 5.74) is 0. The van der Waals surface area contributed by atoms with Gasteiger partial charge >= 0.3 is 11.9 Å². The molecular weight excluding hydrogens is 252 g/mol. The molecule has 1 aliphatic heterocycles. The average Bonchev–Trinajstić information content (AvgIpc) is 2.58. The topological polar surface area (TPSA) is 63.6 Å². The Balaban J connectivity index is 2.78. The summed E-state index contributed by atoms with van der Waals surface area (Å²) in [5.74, 6) is -0.903. The molecule has 0 bridgehead atoms. The standard InChI is InChI=1S/C13H20O4S/c1-3-4-5-9-6-10(12(14)15)8-18-11(7-9)13(16)17-2/h7,9-10H,3-6,8H2,1-2H3,(H,14,15)/t9-,10-/m0/s1. The Morgan fingerprint density at radius 3 is 2.83 bits per heavy atom. The maximum absolute atomic E-state index is 11.6. The number of rotatable bonds is 5. The summed E-state index contributed by atoms with van der Waals surface area (Å²) in [7, 11) is 1.35. The molecule has 1 N–H and O–H groups in total. The largest absolute Gasteiger partial charge is 0.481 e. The fraction of sp³-hybridized carbons (Fsp3) is 0.692. The molecule has 0 unspecified atom stereocenters. The van der Waals surface area contributed by atoms with Gasteiger partial charge in [0.1, 0.15) is 0 Å². The van der Waals surface area contributed by atoms with Crippen molar-refractivity contribution in [2.75, 3.05) is 12.9 Å². The molecule has 0 spiro atoms. The van der Waals surface area contributed by atoms with E-state index >= 15 is 0 Å². The van der Waals surface area contributed by atoms with Gasteiger partial charge in [-0.15, -0.1) is 11.8 Å². The van der Waals surface area contributed by atoms with Crippen molar-refractivity contribution in [3.8, 4) is 0 Å². The molecule has 0 amide bonds. The van der Waals surface area contributed by atoms with E-state index in [1.165, 1.54) is 18.9 Å². The van der Waals surface area contributed by atoms with Gasteiger partial charge in [0.25, 0.3) is 0 Å². The molecule has 0 saturated heterocycles. The molecule has 2 atom stereocenters. The second kappa shape index (κ2) is 7.46. The molecule has 4 nitrogen and oxygen atoms in total. The number of unbranched alkanes of at least 4 members (excludes halogenated alkanes) is 1. The molecule has 0 saturated carbocycles. The Hall–Kier alpha value is -0.970. The fourth-order valence-electron chi connectivity index (χ4n) is 2.02. The van der Waals surface area contributed by atoms with E-state index in [2.05, 4.69) is 6.92 Å². The SMILES string of the molecule is CCCC[C@@H]1C=C(C(=O)OC)SC[C@@H](C(=O)O)C1. The monoisotopic (exact) mass is 272 g/mol. The number of ether oxygens (including phenoxy) is 1. The predicted molar refractivity (Wildman–Crippen MR) is 71.3 cm³/mol. The number of thioether (sulfide) groups is 1. The van der Waals surface area contributed by atoms with Crippen molar-refractivity contribution in [1.29, 1.82) is 0 Å². The van der Waals surface area contributed by atoms with Crippen LogP contribution in [-0.2, 0) is 14.3 Å². The van der Waals surface area contributed by atoms with Gasteiger partial charge in [-0.25, -0.2) is 4.79 Å². The van der Waals surface area contributed by atoms with Crippen molar-refractivity contribution in [1.82, 2.24) is 0 Å². The van der Waals surface area contributed by atoms with Crippen LogP contribution in [0.25, 0.3) is 0 Å². The third-order valence-corrected chi connectivity index (χ3v) is 4.26. The zero-order valence-corrected chi connectivity index (χ0v) is 11.7. The number of hydrogen-bond donors (Lipinski definition) is 1. The van der Waals surface area contributed by atoms with Crippen LogP contribution >= 0.6 is 11.8 Å². The molecule has 18 heavy (non-hydrogen) atoms. The van der Waals surface area contributed by atoms with Crippen molar-refractivity contribution < 1.29 is 19.4 Å². The molecule has 0 radical (unpaired) electrons. The predicted octanol–water partition coefficient (Wildman–Crippen LogP) is 2.69. The summed E-state index contributed by atoms with van der Waals surface area (Å²) in [4.78, 5) is 23.2. The Morgan fingerprint density at radius 2 is 2.28 bits per heavy atom. The zero-order valence-electron chi connectivity index (χ0n) is 10.8. The lowest BCUT2D eigenvalue weighted by molar-refractivity contribution is -0.141. The van der Waals surface area contributed by atoms with Crippen molar-refractivity contribution in [3.05, 3.63) is 11.0 Å². The molecule has 102 valence electrons. The third kappa shape index (κ3) is 4.37. The highest BCUT2D eigenvalue weighted by atomic mass is 32.2. The van der Waals surface area contributed by atoms with E-state index in [1.807, 2.05) is 6.08 Å². The first-order valence-electron chi connectivity index (χ1n) is 6.24. The van der Waals surface area contributed by atoms with E-state index in [0.29, 0.717) is 17.1 Å². The lowest BCUT2D eigenvalue weighted by Gasteiger charge is -2.14. The first-order valence-corrected chi connectivity index (χ1v) is 7.22. The van der Waals surface area contributed by atoms with Crippen molar-refractivity contribution in [3.63, 3.8) is 0 Å². The number of esters is 1. The van der Waals surface area contributed by atoms with E-state index in [-0.39, 0.29) is 17.8 Å². The van der Waals surface area contributed by atoms with E-state index in [1.54, 1.807) is 0 Å². The van der Waals surface area contributed by atoms with Crippen LogP contribution < -0.4 is 0 Å². The number of carbonyl (C=O) groups excluding carboxylic acids is 1. The van der Waals surface area contributed by atoms with E-state index < -0.39 is 5.97 Å². The van der Waals surface area contributed by atoms with Gasteiger partial charge in [0.2, 0.25) is 0 Å². The highest BCUT2D eigenvalue weighted by Crippen LogP contribution is 2.33. The molecule has 0 aromatic heterocycles. The number of aliphatic carboxylic acids is 1. The summed E-state index contributed by atoms with van der Waals surface area (Å²) >= 11 is 1.30. The van der Waals surface area contributed by atoms with Crippen LogP contribution in [0, 0.1) is 11.8 Å². The molecular formula is C13H20O4S. The first-order chi connectivity index (χ1) is 8.58. The lowest BCUT2D eigenvalue weighted by atomic mass is 9.91. The molecule has 5 heteroatoms.